The Kier molecular flexibility index (Phi) is 7.15. The fourth-order valence-corrected chi connectivity index (χ4v) is 7.27. The van der Waals surface area contributed by atoms with Crippen molar-refractivity contribution in [2.45, 2.75) is 49.1 Å². The van der Waals surface area contributed by atoms with Crippen LogP contribution in [-0.2, 0) is 36.7 Å². The predicted molar refractivity (Wildman–Crippen MR) is 142 cm³/mol. The molecule has 0 amide bonds. The van der Waals surface area contributed by atoms with Gasteiger partial charge < -0.3 is 35.1 Å². The van der Waals surface area contributed by atoms with Gasteiger partial charge in [-0.3, -0.25) is 27.3 Å². The van der Waals surface area contributed by atoms with Gasteiger partial charge in [-0.15, -0.1) is 0 Å². The number of aliphatic hydroxyl groups is 1. The maximum absolute atomic E-state index is 15.9. The number of nitrogen functional groups attached to an aromatic ring is 2. The second kappa shape index (κ2) is 10.8. The zero-order valence-electron chi connectivity index (χ0n) is 22.1. The van der Waals surface area contributed by atoms with Crippen molar-refractivity contribution in [1.29, 1.82) is 0 Å². The highest BCUT2D eigenvalue weighted by Crippen LogP contribution is 2.51. The average molecular weight is 642 g/mol. The van der Waals surface area contributed by atoms with Gasteiger partial charge in [0, 0.05) is 6.66 Å². The van der Waals surface area contributed by atoms with Crippen LogP contribution in [0.25, 0.3) is 22.3 Å². The highest BCUT2D eigenvalue weighted by molar-refractivity contribution is 7.53. The highest BCUT2D eigenvalue weighted by Gasteiger charge is 2.52. The van der Waals surface area contributed by atoms with E-state index in [0.29, 0.717) is 0 Å². The minimum atomic E-state index is -4.02. The largest absolute Gasteiger partial charge is 0.387 e. The zero-order valence-corrected chi connectivity index (χ0v) is 24.0. The fourth-order valence-electron chi connectivity index (χ4n) is 5.25. The molecule has 4 aromatic rings. The number of alkyl halides is 1. The predicted octanol–water partition coefficient (Wildman–Crippen LogP) is 0.354. The average Bonchev–Trinajstić information content (AvgIpc) is 3.73. The van der Waals surface area contributed by atoms with Crippen LogP contribution in [0.1, 0.15) is 12.5 Å². The van der Waals surface area contributed by atoms with Gasteiger partial charge in [-0.1, -0.05) is 0 Å². The summed E-state index contributed by atoms with van der Waals surface area (Å²) in [6.45, 7) is 0.181. The molecule has 0 saturated carbocycles. The summed E-state index contributed by atoms with van der Waals surface area (Å²) in [4.78, 5) is 24.4. The number of anilines is 2. The Hall–Kier alpha value is -3.19. The van der Waals surface area contributed by atoms with E-state index in [1.807, 2.05) is 0 Å². The van der Waals surface area contributed by atoms with Crippen molar-refractivity contribution in [2.75, 3.05) is 31.3 Å². The van der Waals surface area contributed by atoms with Gasteiger partial charge in [0.15, 0.2) is 41.6 Å². The van der Waals surface area contributed by atoms with Crippen molar-refractivity contribution >= 4 is 49.8 Å². The molecule has 43 heavy (non-hydrogen) atoms. The van der Waals surface area contributed by atoms with E-state index in [1.165, 1.54) is 34.4 Å². The topological polar surface area (TPSA) is 249 Å². The summed E-state index contributed by atoms with van der Waals surface area (Å²) in [5.74, 6) is 0.191. The molecule has 2 unspecified atom stereocenters. The van der Waals surface area contributed by atoms with Crippen molar-refractivity contribution in [1.82, 2.24) is 39.0 Å². The number of aliphatic hydroxyl groups excluding tert-OH is 1. The fraction of sp³-hybridized carbons (Fsp3) is 0.524. The van der Waals surface area contributed by atoms with Crippen molar-refractivity contribution in [3.8, 4) is 0 Å². The molecule has 230 valence electrons. The van der Waals surface area contributed by atoms with Gasteiger partial charge >= 0.3 is 15.9 Å². The van der Waals surface area contributed by atoms with E-state index in [1.54, 1.807) is 0 Å². The second-order valence-corrected chi connectivity index (χ2v) is 13.0. The summed E-state index contributed by atoms with van der Waals surface area (Å²) in [6, 6.07) is 0. The third-order valence-electron chi connectivity index (χ3n) is 7.29. The number of aromatic nitrogens is 8. The van der Waals surface area contributed by atoms with Crippen molar-refractivity contribution in [3.63, 3.8) is 0 Å². The minimum Gasteiger partial charge on any atom is -0.387 e. The van der Waals surface area contributed by atoms with Crippen molar-refractivity contribution < 1.29 is 46.2 Å². The van der Waals surface area contributed by atoms with Gasteiger partial charge in [0.05, 0.1) is 25.9 Å². The van der Waals surface area contributed by atoms with Crippen molar-refractivity contribution in [3.05, 3.63) is 25.3 Å². The quantitative estimate of drug-likeness (QED) is 0.250. The van der Waals surface area contributed by atoms with E-state index in [4.69, 9.17) is 39.0 Å². The van der Waals surface area contributed by atoms with Crippen LogP contribution in [0.4, 0.5) is 16.0 Å². The molecule has 0 spiro atoms. The number of halogens is 1. The van der Waals surface area contributed by atoms with Crippen LogP contribution < -0.4 is 11.5 Å². The van der Waals surface area contributed by atoms with E-state index in [0.717, 1.165) is 6.66 Å². The summed E-state index contributed by atoms with van der Waals surface area (Å²) >= 11 is 0. The lowest BCUT2D eigenvalue weighted by atomic mass is 10.1. The third-order valence-corrected chi connectivity index (χ3v) is 9.40. The van der Waals surface area contributed by atoms with Gasteiger partial charge in [0.25, 0.3) is 0 Å². The first-order valence-corrected chi connectivity index (χ1v) is 16.1. The molecule has 22 heteroatoms. The van der Waals surface area contributed by atoms with Crippen LogP contribution in [-0.4, -0.2) is 101 Å². The first-order chi connectivity index (χ1) is 20.6. The van der Waals surface area contributed by atoms with Crippen LogP contribution in [0, 0.1) is 0 Å². The standard InChI is InChI=1S/C21H25FN10O9P2/c1-43(35)37-3-8-13(33)15(21(38-8)32-7-30-12-17(24)26-5-28-19(12)32)40-42(34)36-2-9-14(41-43)10(22)20(39-9)31-6-29-11-16(23)25-4-27-18(11)31/h4-10,13-15,20-21,33,42H,2-3H2,1H3,(H2,23,25,27)(H2,24,26,28)/t8-,9-,10-,13-,14-,15-,20-,21-,43?/m1/s1. The lowest BCUT2D eigenvalue weighted by molar-refractivity contribution is -0.0572. The lowest BCUT2D eigenvalue weighted by Crippen LogP contribution is -2.35. The molecule has 0 aliphatic carbocycles. The Morgan fingerprint density at radius 3 is 2.19 bits per heavy atom. The summed E-state index contributed by atoms with van der Waals surface area (Å²) in [5.41, 5.74) is 12.7. The minimum absolute atomic E-state index is 0.0819. The molecule has 2 bridgehead atoms. The second-order valence-electron chi connectivity index (χ2n) is 10.0. The van der Waals surface area contributed by atoms with Gasteiger partial charge in [-0.2, -0.15) is 0 Å². The number of hydrogen-bond acceptors (Lipinski definition) is 17. The van der Waals surface area contributed by atoms with E-state index >= 15 is 4.39 Å². The summed E-state index contributed by atoms with van der Waals surface area (Å²) < 4.78 is 79.3. The Balaban J connectivity index is 1.18. The number of ether oxygens (including phenoxy) is 2. The Morgan fingerprint density at radius 1 is 0.930 bits per heavy atom. The third kappa shape index (κ3) is 4.98. The maximum Gasteiger partial charge on any atom is 0.328 e. The number of imidazole rings is 2. The number of nitrogens with zero attached hydrogens (tertiary/aromatic N) is 8. The SMILES string of the molecule is CP1(=O)OC[C@H]2O[C@@H](n3cnc4c(N)ncnc43)[C@H](O[PH](=O)OC[C@H]3O[C@@H](n4cnc5c(N)ncnc54)[C@H](F)[C@@H]3O1)[C@@H]2O. The molecular formula is C21H25FN10O9P2. The van der Waals surface area contributed by atoms with E-state index in [9.17, 15) is 14.2 Å². The molecule has 5 N–H and O–H groups in total. The highest BCUT2D eigenvalue weighted by atomic mass is 31.2. The van der Waals surface area contributed by atoms with E-state index in [-0.39, 0.29) is 34.0 Å². The molecular weight excluding hydrogens is 617 g/mol. The molecule has 3 aliphatic rings. The first-order valence-electron chi connectivity index (χ1n) is 12.8. The molecule has 3 fully saturated rings. The summed E-state index contributed by atoms with van der Waals surface area (Å²) in [6.07, 6.45) is -5.97. The Bertz CT molecular complexity index is 1760. The van der Waals surface area contributed by atoms with Crippen LogP contribution >= 0.6 is 15.9 Å². The summed E-state index contributed by atoms with van der Waals surface area (Å²) in [7, 11) is -7.40. The molecule has 10 atom stereocenters. The number of nitrogens with two attached hydrogens (primary N) is 2. The van der Waals surface area contributed by atoms with E-state index in [2.05, 4.69) is 29.9 Å². The van der Waals surface area contributed by atoms with Gasteiger partial charge in [-0.05, 0) is 0 Å². The van der Waals surface area contributed by atoms with Gasteiger partial charge in [0.1, 0.15) is 54.2 Å². The smallest absolute Gasteiger partial charge is 0.328 e. The van der Waals surface area contributed by atoms with Crippen LogP contribution in [0.15, 0.2) is 25.3 Å². The normalized spacial score (nSPS) is 37.1. The van der Waals surface area contributed by atoms with Crippen LogP contribution in [0.5, 0.6) is 0 Å². The van der Waals surface area contributed by atoms with Crippen LogP contribution in [0.2, 0.25) is 0 Å². The summed E-state index contributed by atoms with van der Waals surface area (Å²) in [5, 5.41) is 11.1. The van der Waals surface area contributed by atoms with Crippen LogP contribution in [0.3, 0.4) is 0 Å². The molecule has 7 heterocycles. The Labute approximate surface area is 241 Å². The van der Waals surface area contributed by atoms with Gasteiger partial charge in [-0.25, -0.2) is 34.3 Å². The molecule has 3 saturated heterocycles. The number of rotatable bonds is 2. The van der Waals surface area contributed by atoms with Crippen molar-refractivity contribution in [2.24, 2.45) is 0 Å². The Morgan fingerprint density at radius 2 is 1.53 bits per heavy atom. The molecule has 19 nitrogen and oxygen atoms in total. The molecule has 0 aromatic carbocycles. The molecule has 4 aromatic heterocycles. The maximum atomic E-state index is 15.9. The molecule has 0 radical (unpaired) electrons. The van der Waals surface area contributed by atoms with E-state index < -0.39 is 78.2 Å². The number of fused-ring (bicyclic) bond motifs is 5. The zero-order chi connectivity index (χ0) is 30.0. The molecule has 3 aliphatic heterocycles. The monoisotopic (exact) mass is 642 g/mol. The molecule has 7 rings (SSSR count). The number of hydrogen-bond donors (Lipinski definition) is 3. The first kappa shape index (κ1) is 28.6. The van der Waals surface area contributed by atoms with Gasteiger partial charge in [0.2, 0.25) is 0 Å². The lowest BCUT2D eigenvalue weighted by Gasteiger charge is -2.25.